The Morgan fingerprint density at radius 3 is 2.42 bits per heavy atom. The van der Waals surface area contributed by atoms with Gasteiger partial charge in [-0.2, -0.15) is 0 Å². The number of alkyl halides is 1. The molecule has 1 heterocycles. The van der Waals surface area contributed by atoms with E-state index >= 15 is 0 Å². The van der Waals surface area contributed by atoms with Gasteiger partial charge in [-0.1, -0.05) is 32.0 Å². The van der Waals surface area contributed by atoms with Crippen LogP contribution in [-0.4, -0.2) is 0 Å². The minimum atomic E-state index is -0.0750. The summed E-state index contributed by atoms with van der Waals surface area (Å²) in [6.45, 7) is 4.35. The second kappa shape index (κ2) is 6.75. The van der Waals surface area contributed by atoms with E-state index in [-0.39, 0.29) is 5.38 Å². The van der Waals surface area contributed by atoms with Gasteiger partial charge in [0.15, 0.2) is 0 Å². The molecule has 2 aromatic rings. The topological polar surface area (TPSA) is 0 Å². The molecule has 0 saturated heterocycles. The molecule has 102 valence electrons. The average molecular weight is 423 g/mol. The third kappa shape index (κ3) is 3.44. The van der Waals surface area contributed by atoms with Crippen molar-refractivity contribution in [1.29, 1.82) is 0 Å². The predicted molar refractivity (Wildman–Crippen MR) is 92.6 cm³/mol. The van der Waals surface area contributed by atoms with E-state index in [9.17, 15) is 0 Å². The van der Waals surface area contributed by atoms with E-state index in [0.29, 0.717) is 0 Å². The van der Waals surface area contributed by atoms with Crippen molar-refractivity contribution in [2.75, 3.05) is 0 Å². The standard InChI is InChI=1S/C15H15Br2ClS/c1-3-9-5-6-10(4-2)11(7-9)14(18)13-8-12(16)15(17)19-13/h5-8,14H,3-4H2,1-2H3. The molecular formula is C15H15Br2ClS. The summed E-state index contributed by atoms with van der Waals surface area (Å²) in [5, 5.41) is -0.0750. The fourth-order valence-electron chi connectivity index (χ4n) is 2.06. The highest BCUT2D eigenvalue weighted by atomic mass is 79.9. The normalized spacial score (nSPS) is 12.7. The van der Waals surface area contributed by atoms with Crippen molar-refractivity contribution >= 4 is 54.8 Å². The van der Waals surface area contributed by atoms with Crippen LogP contribution in [0.5, 0.6) is 0 Å². The summed E-state index contributed by atoms with van der Waals surface area (Å²) >= 11 is 15.4. The minimum absolute atomic E-state index is 0.0750. The fraction of sp³-hybridized carbons (Fsp3) is 0.333. The lowest BCUT2D eigenvalue weighted by Crippen LogP contribution is -1.98. The zero-order valence-electron chi connectivity index (χ0n) is 10.8. The van der Waals surface area contributed by atoms with Crippen molar-refractivity contribution in [1.82, 2.24) is 0 Å². The predicted octanol–water partition coefficient (Wildman–Crippen LogP) is 6.73. The Balaban J connectivity index is 2.44. The van der Waals surface area contributed by atoms with Crippen LogP contribution in [0.1, 0.15) is 40.8 Å². The Hall–Kier alpha value is 0.170. The molecule has 0 aliphatic carbocycles. The molecule has 0 spiro atoms. The highest BCUT2D eigenvalue weighted by molar-refractivity contribution is 9.13. The largest absolute Gasteiger partial charge is 0.130 e. The van der Waals surface area contributed by atoms with Crippen LogP contribution < -0.4 is 0 Å². The number of halogens is 3. The maximum Gasteiger partial charge on any atom is 0.0931 e. The van der Waals surface area contributed by atoms with Crippen molar-refractivity contribution in [3.8, 4) is 0 Å². The lowest BCUT2D eigenvalue weighted by molar-refractivity contribution is 1.03. The Bertz CT molecular complexity index is 558. The van der Waals surface area contributed by atoms with E-state index in [4.69, 9.17) is 11.6 Å². The summed E-state index contributed by atoms with van der Waals surface area (Å²) in [7, 11) is 0. The molecule has 4 heteroatoms. The van der Waals surface area contributed by atoms with Gasteiger partial charge in [0.1, 0.15) is 0 Å². The van der Waals surface area contributed by atoms with E-state index in [2.05, 4.69) is 70.0 Å². The van der Waals surface area contributed by atoms with Gasteiger partial charge in [0.25, 0.3) is 0 Å². The molecule has 19 heavy (non-hydrogen) atoms. The van der Waals surface area contributed by atoms with E-state index in [1.54, 1.807) is 11.3 Å². The number of hydrogen-bond acceptors (Lipinski definition) is 1. The first-order chi connectivity index (χ1) is 9.06. The zero-order valence-corrected chi connectivity index (χ0v) is 15.6. The van der Waals surface area contributed by atoms with Crippen LogP contribution in [0.3, 0.4) is 0 Å². The van der Waals surface area contributed by atoms with Gasteiger partial charge in [0.05, 0.1) is 9.16 Å². The van der Waals surface area contributed by atoms with Gasteiger partial charge in [0.2, 0.25) is 0 Å². The zero-order chi connectivity index (χ0) is 14.0. The summed E-state index contributed by atoms with van der Waals surface area (Å²) < 4.78 is 2.17. The Morgan fingerprint density at radius 1 is 1.16 bits per heavy atom. The minimum Gasteiger partial charge on any atom is -0.130 e. The first-order valence-electron chi connectivity index (χ1n) is 6.27. The smallest absolute Gasteiger partial charge is 0.0931 e. The van der Waals surface area contributed by atoms with Crippen LogP contribution in [0.15, 0.2) is 32.5 Å². The molecule has 0 nitrogen and oxygen atoms in total. The molecule has 1 atom stereocenters. The third-order valence-electron chi connectivity index (χ3n) is 3.19. The molecule has 1 aromatic heterocycles. The van der Waals surface area contributed by atoms with E-state index < -0.39 is 0 Å². The van der Waals surface area contributed by atoms with Crippen molar-refractivity contribution < 1.29 is 0 Å². The summed E-state index contributed by atoms with van der Waals surface area (Å²) in [4.78, 5) is 1.17. The molecule has 0 saturated carbocycles. The summed E-state index contributed by atoms with van der Waals surface area (Å²) in [5.74, 6) is 0. The molecule has 0 aliphatic rings. The highest BCUT2D eigenvalue weighted by Gasteiger charge is 2.18. The van der Waals surface area contributed by atoms with Gasteiger partial charge in [0, 0.05) is 9.35 Å². The molecule has 0 amide bonds. The van der Waals surface area contributed by atoms with Crippen LogP contribution in [0.25, 0.3) is 0 Å². The van der Waals surface area contributed by atoms with Gasteiger partial charge in [-0.15, -0.1) is 22.9 Å². The lowest BCUT2D eigenvalue weighted by Gasteiger charge is -2.14. The van der Waals surface area contributed by atoms with Crippen LogP contribution in [-0.2, 0) is 12.8 Å². The van der Waals surface area contributed by atoms with Gasteiger partial charge < -0.3 is 0 Å². The molecule has 0 radical (unpaired) electrons. The number of thiophene rings is 1. The number of aryl methyl sites for hydroxylation is 2. The first-order valence-corrected chi connectivity index (χ1v) is 9.11. The van der Waals surface area contributed by atoms with E-state index in [0.717, 1.165) is 21.1 Å². The monoisotopic (exact) mass is 420 g/mol. The Labute approximate surface area is 140 Å². The van der Waals surface area contributed by atoms with Crippen molar-refractivity contribution in [3.05, 3.63) is 54.1 Å². The molecule has 0 N–H and O–H groups in total. The summed E-state index contributed by atoms with van der Waals surface area (Å²) in [6, 6.07) is 8.76. The van der Waals surface area contributed by atoms with Crippen molar-refractivity contribution in [3.63, 3.8) is 0 Å². The number of benzene rings is 1. The maximum atomic E-state index is 6.70. The van der Waals surface area contributed by atoms with Crippen molar-refractivity contribution in [2.24, 2.45) is 0 Å². The van der Waals surface area contributed by atoms with Crippen LogP contribution >= 0.6 is 54.8 Å². The SMILES string of the molecule is CCc1ccc(CC)c(C(Cl)c2cc(Br)c(Br)s2)c1. The van der Waals surface area contributed by atoms with Gasteiger partial charge in [-0.3, -0.25) is 0 Å². The molecule has 0 fully saturated rings. The molecule has 1 unspecified atom stereocenters. The van der Waals surface area contributed by atoms with Crippen LogP contribution in [0, 0.1) is 0 Å². The van der Waals surface area contributed by atoms with E-state index in [1.165, 1.54) is 21.6 Å². The Kier molecular flexibility index (Phi) is 5.53. The lowest BCUT2D eigenvalue weighted by atomic mass is 9.97. The number of hydrogen-bond donors (Lipinski definition) is 0. The number of rotatable bonds is 4. The van der Waals surface area contributed by atoms with E-state index in [1.807, 2.05) is 0 Å². The average Bonchev–Trinajstić information content (AvgIpc) is 2.77. The Morgan fingerprint density at radius 2 is 1.89 bits per heavy atom. The maximum absolute atomic E-state index is 6.70. The molecule has 0 bridgehead atoms. The molecule has 2 rings (SSSR count). The summed E-state index contributed by atoms with van der Waals surface area (Å²) in [6.07, 6.45) is 2.05. The molecule has 1 aromatic carbocycles. The van der Waals surface area contributed by atoms with Crippen LogP contribution in [0.2, 0.25) is 0 Å². The fourth-order valence-corrected chi connectivity index (χ4v) is 4.55. The highest BCUT2D eigenvalue weighted by Crippen LogP contribution is 2.41. The van der Waals surface area contributed by atoms with Crippen LogP contribution in [0.4, 0.5) is 0 Å². The summed E-state index contributed by atoms with van der Waals surface area (Å²) in [5.41, 5.74) is 3.91. The van der Waals surface area contributed by atoms with Crippen molar-refractivity contribution in [2.45, 2.75) is 32.1 Å². The van der Waals surface area contributed by atoms with Gasteiger partial charge >= 0.3 is 0 Å². The quantitative estimate of drug-likeness (QED) is 0.479. The second-order valence-corrected chi connectivity index (χ2v) is 8.07. The second-order valence-electron chi connectivity index (χ2n) is 4.37. The molecule has 0 aliphatic heterocycles. The van der Waals surface area contributed by atoms with Gasteiger partial charge in [-0.05, 0) is 67.5 Å². The van der Waals surface area contributed by atoms with Gasteiger partial charge in [-0.25, -0.2) is 0 Å². The third-order valence-corrected chi connectivity index (χ3v) is 7.11. The first kappa shape index (κ1) is 15.6. The molecular weight excluding hydrogens is 407 g/mol.